The Morgan fingerprint density at radius 3 is 2.35 bits per heavy atom. The summed E-state index contributed by atoms with van der Waals surface area (Å²) in [4.78, 5) is 24.3. The highest BCUT2D eigenvalue weighted by molar-refractivity contribution is 14.1. The zero-order valence-corrected chi connectivity index (χ0v) is 12.2. The summed E-state index contributed by atoms with van der Waals surface area (Å²) in [5.41, 5.74) is 1.09. The fraction of sp³-hybridized carbons (Fsp3) is 0.429. The number of halogens is 1. The molecule has 0 bridgehead atoms. The summed E-state index contributed by atoms with van der Waals surface area (Å²) in [6.07, 6.45) is 1.74. The maximum Gasteiger partial charge on any atom is 0.150 e. The van der Waals surface area contributed by atoms with Gasteiger partial charge in [-0.05, 0) is 54.0 Å². The van der Waals surface area contributed by atoms with Gasteiger partial charge in [-0.2, -0.15) is 0 Å². The zero-order valence-electron chi connectivity index (χ0n) is 10.0. The maximum atomic E-state index is 12.2. The molecule has 0 heterocycles. The maximum absolute atomic E-state index is 12.2. The monoisotopic (exact) mass is 342 g/mol. The molecule has 1 aliphatic rings. The van der Waals surface area contributed by atoms with Gasteiger partial charge in [0.2, 0.25) is 0 Å². The molecule has 1 aromatic carbocycles. The van der Waals surface area contributed by atoms with Crippen molar-refractivity contribution in [2.75, 3.05) is 0 Å². The number of hydrogen-bond acceptors (Lipinski definition) is 2. The van der Waals surface area contributed by atoms with Gasteiger partial charge in [-0.25, -0.2) is 0 Å². The molecule has 1 aromatic rings. The van der Waals surface area contributed by atoms with Gasteiger partial charge in [0, 0.05) is 16.4 Å². The molecule has 0 unspecified atom stereocenters. The molecule has 2 nitrogen and oxygen atoms in total. The standard InChI is InChI=1S/C14H15IO2/c1-9-5-3-6-10(13(9)15)14(2)11(16)7-4-8-12(14)17/h3,5-6H,4,7-8H2,1-2H3. The van der Waals surface area contributed by atoms with Gasteiger partial charge < -0.3 is 0 Å². The Labute approximate surface area is 115 Å². The van der Waals surface area contributed by atoms with E-state index >= 15 is 0 Å². The summed E-state index contributed by atoms with van der Waals surface area (Å²) < 4.78 is 1.04. The van der Waals surface area contributed by atoms with E-state index < -0.39 is 5.41 Å². The fourth-order valence-corrected chi connectivity index (χ4v) is 3.30. The van der Waals surface area contributed by atoms with Crippen LogP contribution in [0.2, 0.25) is 0 Å². The summed E-state index contributed by atoms with van der Waals surface area (Å²) >= 11 is 2.23. The molecule has 1 aliphatic carbocycles. The Balaban J connectivity index is 2.60. The van der Waals surface area contributed by atoms with E-state index in [4.69, 9.17) is 0 Å². The van der Waals surface area contributed by atoms with Crippen LogP contribution in [0.4, 0.5) is 0 Å². The predicted molar refractivity (Wildman–Crippen MR) is 75.1 cm³/mol. The molecular weight excluding hydrogens is 327 g/mol. The number of hydrogen-bond donors (Lipinski definition) is 0. The van der Waals surface area contributed by atoms with Crippen LogP contribution in [0, 0.1) is 10.5 Å². The van der Waals surface area contributed by atoms with Crippen molar-refractivity contribution in [1.82, 2.24) is 0 Å². The molecule has 0 aromatic heterocycles. The molecule has 3 heteroatoms. The average molecular weight is 342 g/mol. The highest BCUT2D eigenvalue weighted by atomic mass is 127. The third-order valence-electron chi connectivity index (χ3n) is 3.65. The second-order valence-electron chi connectivity index (χ2n) is 4.76. The second kappa shape index (κ2) is 4.52. The van der Waals surface area contributed by atoms with Gasteiger partial charge in [0.1, 0.15) is 5.41 Å². The van der Waals surface area contributed by atoms with Crippen molar-refractivity contribution < 1.29 is 9.59 Å². The van der Waals surface area contributed by atoms with Crippen molar-refractivity contribution in [3.05, 3.63) is 32.9 Å². The van der Waals surface area contributed by atoms with Crippen LogP contribution in [0.15, 0.2) is 18.2 Å². The van der Waals surface area contributed by atoms with Crippen molar-refractivity contribution in [1.29, 1.82) is 0 Å². The molecule has 0 atom stereocenters. The zero-order chi connectivity index (χ0) is 12.6. The first-order chi connectivity index (χ1) is 7.98. The highest BCUT2D eigenvalue weighted by Crippen LogP contribution is 2.36. The lowest BCUT2D eigenvalue weighted by atomic mass is 9.69. The molecule has 1 fully saturated rings. The normalized spacial score (nSPS) is 19.5. The van der Waals surface area contributed by atoms with Crippen molar-refractivity contribution in [3.8, 4) is 0 Å². The molecule has 0 amide bonds. The number of benzene rings is 1. The largest absolute Gasteiger partial charge is 0.298 e. The van der Waals surface area contributed by atoms with E-state index in [1.165, 1.54) is 0 Å². The minimum Gasteiger partial charge on any atom is -0.298 e. The van der Waals surface area contributed by atoms with Crippen LogP contribution in [-0.2, 0) is 15.0 Å². The van der Waals surface area contributed by atoms with Crippen LogP contribution < -0.4 is 0 Å². The second-order valence-corrected chi connectivity index (χ2v) is 5.84. The third kappa shape index (κ3) is 1.94. The first-order valence-corrected chi connectivity index (χ1v) is 6.88. The van der Waals surface area contributed by atoms with Gasteiger partial charge in [-0.1, -0.05) is 18.2 Å². The highest BCUT2D eigenvalue weighted by Gasteiger charge is 2.45. The van der Waals surface area contributed by atoms with Crippen molar-refractivity contribution >= 4 is 34.2 Å². The Bertz CT molecular complexity index is 475. The molecule has 90 valence electrons. The molecule has 0 aliphatic heterocycles. The molecule has 1 saturated carbocycles. The minimum atomic E-state index is -0.916. The smallest absolute Gasteiger partial charge is 0.150 e. The minimum absolute atomic E-state index is 0.0669. The molecule has 0 spiro atoms. The van der Waals surface area contributed by atoms with E-state index in [1.54, 1.807) is 6.92 Å². The van der Waals surface area contributed by atoms with Crippen LogP contribution in [0.3, 0.4) is 0 Å². The fourth-order valence-electron chi connectivity index (χ4n) is 2.40. The number of ketones is 2. The van der Waals surface area contributed by atoms with Crippen molar-refractivity contribution in [2.45, 2.75) is 38.5 Å². The van der Waals surface area contributed by atoms with Crippen molar-refractivity contribution in [2.24, 2.45) is 0 Å². The topological polar surface area (TPSA) is 34.1 Å². The van der Waals surface area contributed by atoms with Gasteiger partial charge >= 0.3 is 0 Å². The van der Waals surface area contributed by atoms with E-state index in [0.29, 0.717) is 19.3 Å². The molecule has 17 heavy (non-hydrogen) atoms. The number of Topliss-reactive ketones (excluding diaryl/α,β-unsaturated/α-hetero) is 2. The quantitative estimate of drug-likeness (QED) is 0.580. The molecule has 2 rings (SSSR count). The number of carbonyl (C=O) groups is 2. The SMILES string of the molecule is Cc1cccc(C2(C)C(=O)CCCC2=O)c1I. The lowest BCUT2D eigenvalue weighted by Crippen LogP contribution is -2.44. The van der Waals surface area contributed by atoms with Gasteiger partial charge in [0.15, 0.2) is 11.6 Å². The summed E-state index contributed by atoms with van der Waals surface area (Å²) in [7, 11) is 0. The van der Waals surface area contributed by atoms with Gasteiger partial charge in [-0.15, -0.1) is 0 Å². The summed E-state index contributed by atoms with van der Waals surface area (Å²) in [5, 5.41) is 0. The number of rotatable bonds is 1. The lowest BCUT2D eigenvalue weighted by molar-refractivity contribution is -0.137. The van der Waals surface area contributed by atoms with Crippen LogP contribution in [0.5, 0.6) is 0 Å². The van der Waals surface area contributed by atoms with Gasteiger partial charge in [-0.3, -0.25) is 9.59 Å². The number of carbonyl (C=O) groups excluding carboxylic acids is 2. The first kappa shape index (κ1) is 12.7. The van der Waals surface area contributed by atoms with E-state index in [-0.39, 0.29) is 11.6 Å². The molecular formula is C14H15IO2. The molecule has 0 saturated heterocycles. The Morgan fingerprint density at radius 2 is 1.76 bits per heavy atom. The van der Waals surface area contributed by atoms with E-state index in [9.17, 15) is 9.59 Å². The summed E-state index contributed by atoms with van der Waals surface area (Å²) in [6.45, 7) is 3.79. The van der Waals surface area contributed by atoms with Gasteiger partial charge in [0.25, 0.3) is 0 Å². The van der Waals surface area contributed by atoms with E-state index in [2.05, 4.69) is 22.6 Å². The van der Waals surface area contributed by atoms with Crippen LogP contribution in [0.1, 0.15) is 37.3 Å². The third-order valence-corrected chi connectivity index (χ3v) is 5.09. The predicted octanol–water partition coefficient (Wildman–Crippen LogP) is 3.18. The molecule has 0 radical (unpaired) electrons. The lowest BCUT2D eigenvalue weighted by Gasteiger charge is -2.32. The van der Waals surface area contributed by atoms with Gasteiger partial charge in [0.05, 0.1) is 0 Å². The molecule has 0 N–H and O–H groups in total. The Hall–Kier alpha value is -0.710. The summed E-state index contributed by atoms with van der Waals surface area (Å²) in [6, 6.07) is 5.84. The average Bonchev–Trinajstić information content (AvgIpc) is 2.29. The Morgan fingerprint density at radius 1 is 1.18 bits per heavy atom. The van der Waals surface area contributed by atoms with Crippen LogP contribution >= 0.6 is 22.6 Å². The van der Waals surface area contributed by atoms with E-state index in [1.807, 2.05) is 25.1 Å². The number of aryl methyl sites for hydroxylation is 1. The van der Waals surface area contributed by atoms with Crippen LogP contribution in [0.25, 0.3) is 0 Å². The Kier molecular flexibility index (Phi) is 3.39. The van der Waals surface area contributed by atoms with E-state index in [0.717, 1.165) is 14.7 Å². The van der Waals surface area contributed by atoms with Crippen LogP contribution in [-0.4, -0.2) is 11.6 Å². The first-order valence-electron chi connectivity index (χ1n) is 5.80. The van der Waals surface area contributed by atoms with Crippen molar-refractivity contribution in [3.63, 3.8) is 0 Å². The summed E-state index contributed by atoms with van der Waals surface area (Å²) in [5.74, 6) is 0.134.